The molecule has 12 heteroatoms. The van der Waals surface area contributed by atoms with Gasteiger partial charge in [0.1, 0.15) is 6.04 Å². The van der Waals surface area contributed by atoms with E-state index in [0.717, 1.165) is 30.8 Å². The molecule has 5 rings (SSSR count). The van der Waals surface area contributed by atoms with Crippen molar-refractivity contribution in [3.63, 3.8) is 0 Å². The molecule has 36 heavy (non-hydrogen) atoms. The zero-order valence-electron chi connectivity index (χ0n) is 20.9. The van der Waals surface area contributed by atoms with Gasteiger partial charge in [-0.1, -0.05) is 6.92 Å². The van der Waals surface area contributed by atoms with E-state index in [2.05, 4.69) is 32.9 Å². The highest BCUT2D eigenvalue weighted by atomic mass is 35.5. The minimum absolute atomic E-state index is 0.0400. The molecule has 4 heterocycles. The van der Waals surface area contributed by atoms with Crippen molar-refractivity contribution in [3.05, 3.63) is 0 Å². The second-order valence-electron chi connectivity index (χ2n) is 11.4. The van der Waals surface area contributed by atoms with Gasteiger partial charge >= 0.3 is 6.18 Å². The third-order valence-corrected chi connectivity index (χ3v) is 9.54. The minimum Gasteiger partial charge on any atom is -0.355 e. The first-order valence-electron chi connectivity index (χ1n) is 13.3. The lowest BCUT2D eigenvalue weighted by atomic mass is 9.77. The summed E-state index contributed by atoms with van der Waals surface area (Å²) in [6.45, 7) is 4.20. The van der Waals surface area contributed by atoms with Gasteiger partial charge in [0.05, 0.1) is 17.6 Å². The molecule has 4 saturated heterocycles. The smallest absolute Gasteiger partial charge is 0.355 e. The first kappa shape index (κ1) is 26.5. The lowest BCUT2D eigenvalue weighted by Crippen LogP contribution is -2.72. The highest BCUT2D eigenvalue weighted by molar-refractivity contribution is 6.20. The average Bonchev–Trinajstić information content (AvgIpc) is 3.43. The molecule has 0 spiro atoms. The van der Waals surface area contributed by atoms with E-state index < -0.39 is 30.0 Å². The maximum absolute atomic E-state index is 14.2. The molecule has 4 aliphatic heterocycles. The predicted molar refractivity (Wildman–Crippen MR) is 129 cm³/mol. The third kappa shape index (κ3) is 4.98. The quantitative estimate of drug-likeness (QED) is 0.377. The van der Waals surface area contributed by atoms with E-state index in [4.69, 9.17) is 11.6 Å². The SMILES string of the molecule is C[C@H]1CCN(C2CCC([C@H](N(C)C(=O)[C@H]3CNC(=O)C3)C(F)(F)F)CC2)C2CNC3CC(Cl)NN3C21. The number of hydrogen-bond acceptors (Lipinski definition) is 6. The molecule has 0 aromatic rings. The van der Waals surface area contributed by atoms with Crippen LogP contribution in [-0.4, -0.2) is 95.3 Å². The molecule has 3 N–H and O–H groups in total. The van der Waals surface area contributed by atoms with E-state index in [1.807, 2.05) is 0 Å². The highest BCUT2D eigenvalue weighted by Crippen LogP contribution is 2.42. The van der Waals surface area contributed by atoms with Crippen LogP contribution in [0.4, 0.5) is 13.2 Å². The number of fused-ring (bicyclic) bond motifs is 3. The van der Waals surface area contributed by atoms with Crippen LogP contribution in [0.15, 0.2) is 0 Å². The number of carbonyl (C=O) groups excluding carboxylic acids is 2. The lowest BCUT2D eigenvalue weighted by Gasteiger charge is -2.55. The topological polar surface area (TPSA) is 79.9 Å². The summed E-state index contributed by atoms with van der Waals surface area (Å²) in [4.78, 5) is 27.7. The van der Waals surface area contributed by atoms with Gasteiger partial charge in [-0.25, -0.2) is 10.4 Å². The summed E-state index contributed by atoms with van der Waals surface area (Å²) in [6.07, 6.45) is -0.191. The van der Waals surface area contributed by atoms with Gasteiger partial charge in [0.2, 0.25) is 11.8 Å². The minimum atomic E-state index is -4.51. The van der Waals surface area contributed by atoms with Gasteiger partial charge in [-0.05, 0) is 50.5 Å². The number of alkyl halides is 4. The zero-order chi connectivity index (χ0) is 25.8. The van der Waals surface area contributed by atoms with E-state index >= 15 is 0 Å². The van der Waals surface area contributed by atoms with Crippen LogP contribution in [0.3, 0.4) is 0 Å². The number of carbonyl (C=O) groups is 2. The number of piperidine rings is 1. The van der Waals surface area contributed by atoms with Crippen molar-refractivity contribution in [2.24, 2.45) is 17.8 Å². The van der Waals surface area contributed by atoms with Crippen molar-refractivity contribution in [2.75, 3.05) is 26.7 Å². The van der Waals surface area contributed by atoms with Crippen molar-refractivity contribution in [1.82, 2.24) is 30.9 Å². The molecule has 5 aliphatic rings. The molecule has 204 valence electrons. The fourth-order valence-corrected chi connectivity index (χ4v) is 7.80. The Balaban J connectivity index is 1.24. The van der Waals surface area contributed by atoms with Crippen LogP contribution in [-0.2, 0) is 9.59 Å². The number of likely N-dealkylation sites (tertiary alicyclic amines) is 1. The molecule has 5 fully saturated rings. The third-order valence-electron chi connectivity index (χ3n) is 9.27. The van der Waals surface area contributed by atoms with Crippen molar-refractivity contribution in [1.29, 1.82) is 0 Å². The molecule has 0 bridgehead atoms. The molecule has 8 nitrogen and oxygen atoms in total. The normalized spacial score (nSPS) is 40.9. The monoisotopic (exact) mass is 534 g/mol. The summed E-state index contributed by atoms with van der Waals surface area (Å²) in [6, 6.07) is -0.972. The number of amides is 2. The second-order valence-corrected chi connectivity index (χ2v) is 12.0. The van der Waals surface area contributed by atoms with Crippen LogP contribution < -0.4 is 16.1 Å². The molecule has 1 saturated carbocycles. The van der Waals surface area contributed by atoms with E-state index in [9.17, 15) is 22.8 Å². The molecular formula is C24H38ClF3N6O2. The van der Waals surface area contributed by atoms with Crippen molar-refractivity contribution < 1.29 is 22.8 Å². The Kier molecular flexibility index (Phi) is 7.50. The predicted octanol–water partition coefficient (Wildman–Crippen LogP) is 1.85. The van der Waals surface area contributed by atoms with Crippen LogP contribution in [0.5, 0.6) is 0 Å². The van der Waals surface area contributed by atoms with Crippen LogP contribution in [0.25, 0.3) is 0 Å². The Hall–Kier alpha value is -1.14. The number of rotatable bonds is 4. The summed E-state index contributed by atoms with van der Waals surface area (Å²) in [5.74, 6) is -1.72. The largest absolute Gasteiger partial charge is 0.409 e. The maximum atomic E-state index is 14.2. The van der Waals surface area contributed by atoms with E-state index in [1.54, 1.807) is 0 Å². The first-order valence-corrected chi connectivity index (χ1v) is 13.8. The van der Waals surface area contributed by atoms with Gasteiger partial charge in [0, 0.05) is 51.1 Å². The van der Waals surface area contributed by atoms with Crippen LogP contribution in [0.1, 0.15) is 51.9 Å². The summed E-state index contributed by atoms with van der Waals surface area (Å²) in [5.41, 5.74) is 3.33. The summed E-state index contributed by atoms with van der Waals surface area (Å²) < 4.78 is 42.7. The van der Waals surface area contributed by atoms with Crippen molar-refractivity contribution >= 4 is 23.4 Å². The molecule has 4 unspecified atom stereocenters. The molecule has 0 radical (unpaired) electrons. The highest BCUT2D eigenvalue weighted by Gasteiger charge is 2.53. The number of nitrogens with one attached hydrogen (secondary N) is 3. The number of nitrogens with zero attached hydrogens (tertiary/aromatic N) is 3. The Morgan fingerprint density at radius 2 is 1.89 bits per heavy atom. The molecule has 0 aromatic heterocycles. The molecule has 7 atom stereocenters. The standard InChI is InChI=1S/C24H38ClF3N6O2/c1-13-7-8-33(17-12-29-19-10-18(25)31-34(19)21(13)17)16-5-3-14(4-6-16)22(24(26,27)28)32(2)23(36)15-9-20(35)30-11-15/h13-19,21-22,29,31H,3-12H2,1-2H3,(H,30,35)/t13-,14?,15+,16?,17?,18?,19?,21?,22-/m0/s1. The second kappa shape index (κ2) is 10.2. The summed E-state index contributed by atoms with van der Waals surface area (Å²) >= 11 is 6.38. The summed E-state index contributed by atoms with van der Waals surface area (Å²) in [7, 11) is 1.25. The lowest BCUT2D eigenvalue weighted by molar-refractivity contribution is -0.203. The van der Waals surface area contributed by atoms with Gasteiger partial charge in [0.15, 0.2) is 0 Å². The zero-order valence-corrected chi connectivity index (χ0v) is 21.7. The summed E-state index contributed by atoms with van der Waals surface area (Å²) in [5, 5.41) is 8.46. The van der Waals surface area contributed by atoms with Gasteiger partial charge in [0.25, 0.3) is 0 Å². The van der Waals surface area contributed by atoms with Gasteiger partial charge in [-0.15, -0.1) is 11.6 Å². The number of halogens is 4. The maximum Gasteiger partial charge on any atom is 0.409 e. The first-order chi connectivity index (χ1) is 17.0. The van der Waals surface area contributed by atoms with Gasteiger partial charge in [-0.3, -0.25) is 19.8 Å². The fraction of sp³-hybridized carbons (Fsp3) is 0.917. The van der Waals surface area contributed by atoms with Crippen LogP contribution in [0, 0.1) is 17.8 Å². The van der Waals surface area contributed by atoms with E-state index in [1.165, 1.54) is 7.05 Å². The van der Waals surface area contributed by atoms with E-state index in [-0.39, 0.29) is 42.6 Å². The van der Waals surface area contributed by atoms with Gasteiger partial charge < -0.3 is 10.2 Å². The fourth-order valence-electron chi connectivity index (χ4n) is 7.52. The Morgan fingerprint density at radius 3 is 2.53 bits per heavy atom. The van der Waals surface area contributed by atoms with Crippen LogP contribution in [0.2, 0.25) is 0 Å². The molecule has 2 amide bonds. The Bertz CT molecular complexity index is 841. The number of hydrazine groups is 1. The van der Waals surface area contributed by atoms with Crippen molar-refractivity contribution in [2.45, 2.75) is 93.9 Å². The molecule has 1 aliphatic carbocycles. The number of hydrogen-bond donors (Lipinski definition) is 3. The van der Waals surface area contributed by atoms with E-state index in [0.29, 0.717) is 37.6 Å². The van der Waals surface area contributed by atoms with Crippen LogP contribution >= 0.6 is 11.6 Å². The Morgan fingerprint density at radius 1 is 1.17 bits per heavy atom. The molecular weight excluding hydrogens is 497 g/mol. The van der Waals surface area contributed by atoms with Gasteiger partial charge in [-0.2, -0.15) is 13.2 Å². The Labute approximate surface area is 215 Å². The van der Waals surface area contributed by atoms with Crippen molar-refractivity contribution in [3.8, 4) is 0 Å². The average molecular weight is 535 g/mol. The molecule has 0 aromatic carbocycles.